The van der Waals surface area contributed by atoms with Gasteiger partial charge in [0.15, 0.2) is 17.3 Å². The van der Waals surface area contributed by atoms with E-state index in [1.807, 2.05) is 32.9 Å². The van der Waals surface area contributed by atoms with Crippen molar-refractivity contribution in [3.63, 3.8) is 0 Å². The number of hydrogen-bond donors (Lipinski definition) is 1. The summed E-state index contributed by atoms with van der Waals surface area (Å²) in [4.78, 5) is 20.4. The highest BCUT2D eigenvalue weighted by molar-refractivity contribution is 5.92. The fourth-order valence-electron chi connectivity index (χ4n) is 2.01. The molecule has 3 rings (SSSR count). The molecule has 0 radical (unpaired) electrons. The van der Waals surface area contributed by atoms with Crippen molar-refractivity contribution in [2.45, 2.75) is 39.8 Å². The van der Waals surface area contributed by atoms with E-state index in [0.29, 0.717) is 23.2 Å². The van der Waals surface area contributed by atoms with Crippen LogP contribution in [0.2, 0.25) is 0 Å². The predicted octanol–water partition coefficient (Wildman–Crippen LogP) is 2.39. The van der Waals surface area contributed by atoms with Crippen molar-refractivity contribution in [2.75, 3.05) is 0 Å². The molecular weight excluding hydrogens is 338 g/mol. The fourth-order valence-corrected chi connectivity index (χ4v) is 2.01. The molecule has 3 aromatic heterocycles. The van der Waals surface area contributed by atoms with E-state index in [1.165, 1.54) is 6.07 Å². The summed E-state index contributed by atoms with van der Waals surface area (Å²) in [6.07, 6.45) is 1.62. The molecule has 1 amide bonds. The highest BCUT2D eigenvalue weighted by Crippen LogP contribution is 2.13. The third kappa shape index (κ3) is 4.44. The molecule has 0 bridgehead atoms. The Balaban J connectivity index is 1.51. The molecule has 26 heavy (non-hydrogen) atoms. The number of rotatable bonds is 7. The van der Waals surface area contributed by atoms with Gasteiger partial charge in [-0.05, 0) is 19.1 Å². The van der Waals surface area contributed by atoms with Gasteiger partial charge < -0.3 is 19.1 Å². The Bertz CT molecular complexity index is 869. The molecule has 0 spiro atoms. The number of amides is 1. The van der Waals surface area contributed by atoms with E-state index < -0.39 is 5.91 Å². The second kappa shape index (κ2) is 7.77. The molecular formula is C17H19N5O4. The molecule has 0 aliphatic rings. The van der Waals surface area contributed by atoms with Crippen LogP contribution in [0.5, 0.6) is 5.75 Å². The maximum Gasteiger partial charge on any atom is 0.273 e. The predicted molar refractivity (Wildman–Crippen MR) is 89.4 cm³/mol. The Morgan fingerprint density at radius 1 is 1.27 bits per heavy atom. The van der Waals surface area contributed by atoms with E-state index in [4.69, 9.17) is 13.8 Å². The van der Waals surface area contributed by atoms with Gasteiger partial charge in [0.05, 0.1) is 12.7 Å². The van der Waals surface area contributed by atoms with Gasteiger partial charge in [-0.25, -0.2) is 0 Å². The second-order valence-corrected chi connectivity index (χ2v) is 5.99. The Hall–Kier alpha value is -3.23. The quantitative estimate of drug-likeness (QED) is 0.685. The normalized spacial score (nSPS) is 10.9. The molecule has 0 aliphatic heterocycles. The molecule has 9 heteroatoms. The standard InChI is InChI=1S/C17H19N5O4/c1-10(2)17-20-15(22-26-17)8-19-16(23)14-6-13(25-21-14)9-24-12-5-4-11(3)18-7-12/h4-7,10H,8-9H2,1-3H3,(H,19,23). The van der Waals surface area contributed by atoms with E-state index >= 15 is 0 Å². The highest BCUT2D eigenvalue weighted by Gasteiger charge is 2.15. The molecule has 3 heterocycles. The molecule has 136 valence electrons. The lowest BCUT2D eigenvalue weighted by Crippen LogP contribution is -2.23. The summed E-state index contributed by atoms with van der Waals surface area (Å²) in [6, 6.07) is 5.17. The van der Waals surface area contributed by atoms with Crippen LogP contribution < -0.4 is 10.1 Å². The van der Waals surface area contributed by atoms with Crippen LogP contribution in [0.3, 0.4) is 0 Å². The van der Waals surface area contributed by atoms with Crippen LogP contribution in [0, 0.1) is 6.92 Å². The Morgan fingerprint density at radius 2 is 2.12 bits per heavy atom. The van der Waals surface area contributed by atoms with Gasteiger partial charge in [0, 0.05) is 17.7 Å². The SMILES string of the molecule is Cc1ccc(OCc2cc(C(=O)NCc3noc(C(C)C)n3)no2)cn1. The third-order valence-corrected chi connectivity index (χ3v) is 3.44. The van der Waals surface area contributed by atoms with Crippen LogP contribution >= 0.6 is 0 Å². The highest BCUT2D eigenvalue weighted by atomic mass is 16.5. The minimum Gasteiger partial charge on any atom is -0.484 e. The number of carbonyl (C=O) groups excluding carboxylic acids is 1. The number of aromatic nitrogens is 4. The van der Waals surface area contributed by atoms with E-state index in [9.17, 15) is 4.79 Å². The minimum absolute atomic E-state index is 0.133. The molecule has 0 aromatic carbocycles. The van der Waals surface area contributed by atoms with Gasteiger partial charge >= 0.3 is 0 Å². The van der Waals surface area contributed by atoms with Crippen LogP contribution in [-0.2, 0) is 13.2 Å². The summed E-state index contributed by atoms with van der Waals surface area (Å²) in [5.74, 6) is 1.71. The summed E-state index contributed by atoms with van der Waals surface area (Å²) in [5, 5.41) is 10.2. The summed E-state index contributed by atoms with van der Waals surface area (Å²) >= 11 is 0. The number of pyridine rings is 1. The van der Waals surface area contributed by atoms with Gasteiger partial charge in [0.25, 0.3) is 5.91 Å². The summed E-state index contributed by atoms with van der Waals surface area (Å²) in [5.41, 5.74) is 1.05. The molecule has 0 atom stereocenters. The first kappa shape index (κ1) is 17.6. The largest absolute Gasteiger partial charge is 0.484 e. The van der Waals surface area contributed by atoms with Crippen molar-refractivity contribution in [1.29, 1.82) is 0 Å². The summed E-state index contributed by atoms with van der Waals surface area (Å²) < 4.78 is 15.7. The number of nitrogens with one attached hydrogen (secondary N) is 1. The number of hydrogen-bond acceptors (Lipinski definition) is 8. The molecule has 1 N–H and O–H groups in total. The van der Waals surface area contributed by atoms with Gasteiger partial charge in [-0.2, -0.15) is 4.98 Å². The van der Waals surface area contributed by atoms with Crippen LogP contribution in [0.4, 0.5) is 0 Å². The number of aryl methyl sites for hydroxylation is 1. The van der Waals surface area contributed by atoms with Gasteiger partial charge in [0.2, 0.25) is 5.89 Å². The second-order valence-electron chi connectivity index (χ2n) is 5.99. The first-order valence-corrected chi connectivity index (χ1v) is 8.13. The maximum atomic E-state index is 12.1. The smallest absolute Gasteiger partial charge is 0.273 e. The Labute approximate surface area is 149 Å². The van der Waals surface area contributed by atoms with Crippen molar-refractivity contribution in [3.8, 4) is 5.75 Å². The van der Waals surface area contributed by atoms with Crippen LogP contribution in [0.25, 0.3) is 0 Å². The first-order chi connectivity index (χ1) is 12.5. The average molecular weight is 357 g/mol. The van der Waals surface area contributed by atoms with Crippen molar-refractivity contribution in [3.05, 3.63) is 53.3 Å². The lowest BCUT2D eigenvalue weighted by atomic mass is 10.2. The molecule has 0 unspecified atom stereocenters. The molecule has 0 saturated heterocycles. The maximum absolute atomic E-state index is 12.1. The molecule has 0 fully saturated rings. The van der Waals surface area contributed by atoms with E-state index in [0.717, 1.165) is 5.69 Å². The van der Waals surface area contributed by atoms with Gasteiger partial charge in [-0.15, -0.1) is 0 Å². The zero-order chi connectivity index (χ0) is 18.5. The van der Waals surface area contributed by atoms with Crippen molar-refractivity contribution >= 4 is 5.91 Å². The number of nitrogens with zero attached hydrogens (tertiary/aromatic N) is 4. The third-order valence-electron chi connectivity index (χ3n) is 3.44. The van der Waals surface area contributed by atoms with Gasteiger partial charge in [0.1, 0.15) is 12.4 Å². The van der Waals surface area contributed by atoms with Crippen LogP contribution in [0.1, 0.15) is 53.4 Å². The van der Waals surface area contributed by atoms with Gasteiger partial charge in [-0.3, -0.25) is 9.78 Å². The van der Waals surface area contributed by atoms with E-state index in [2.05, 4.69) is 25.6 Å². The Morgan fingerprint density at radius 3 is 2.81 bits per heavy atom. The zero-order valence-electron chi connectivity index (χ0n) is 14.7. The zero-order valence-corrected chi connectivity index (χ0v) is 14.7. The number of ether oxygens (including phenoxy) is 1. The lowest BCUT2D eigenvalue weighted by molar-refractivity contribution is 0.0940. The number of carbonyl (C=O) groups is 1. The minimum atomic E-state index is -0.395. The monoisotopic (exact) mass is 357 g/mol. The van der Waals surface area contributed by atoms with Crippen molar-refractivity contribution in [2.24, 2.45) is 0 Å². The van der Waals surface area contributed by atoms with Crippen LogP contribution in [0.15, 0.2) is 33.4 Å². The first-order valence-electron chi connectivity index (χ1n) is 8.13. The van der Waals surface area contributed by atoms with E-state index in [-0.39, 0.29) is 24.8 Å². The van der Waals surface area contributed by atoms with Crippen molar-refractivity contribution in [1.82, 2.24) is 25.6 Å². The fraction of sp³-hybridized carbons (Fsp3) is 0.353. The summed E-state index contributed by atoms with van der Waals surface area (Å²) in [7, 11) is 0. The lowest BCUT2D eigenvalue weighted by Gasteiger charge is -2.02. The topological polar surface area (TPSA) is 116 Å². The van der Waals surface area contributed by atoms with Crippen molar-refractivity contribution < 1.29 is 18.6 Å². The summed E-state index contributed by atoms with van der Waals surface area (Å²) in [6.45, 7) is 6.07. The van der Waals surface area contributed by atoms with Gasteiger partial charge in [-0.1, -0.05) is 24.2 Å². The van der Waals surface area contributed by atoms with E-state index in [1.54, 1.807) is 6.20 Å². The molecule has 3 aromatic rings. The Kier molecular flexibility index (Phi) is 5.26. The molecule has 9 nitrogen and oxygen atoms in total. The van der Waals surface area contributed by atoms with Crippen LogP contribution in [-0.4, -0.2) is 26.2 Å². The molecule has 0 aliphatic carbocycles. The average Bonchev–Trinajstić information content (AvgIpc) is 3.29. The molecule has 0 saturated carbocycles.